The maximum atomic E-state index is 5.78. The summed E-state index contributed by atoms with van der Waals surface area (Å²) >= 11 is 0. The summed E-state index contributed by atoms with van der Waals surface area (Å²) in [5, 5.41) is 0. The molecule has 1 aromatic rings. The third-order valence-electron chi connectivity index (χ3n) is 3.53. The van der Waals surface area contributed by atoms with Crippen LogP contribution < -0.4 is 10.5 Å². The first-order chi connectivity index (χ1) is 10.1. The van der Waals surface area contributed by atoms with E-state index in [0.717, 1.165) is 30.9 Å². The summed E-state index contributed by atoms with van der Waals surface area (Å²) in [4.78, 5) is 2.40. The Balaban J connectivity index is 2.20. The van der Waals surface area contributed by atoms with E-state index in [1.165, 1.54) is 5.56 Å². The van der Waals surface area contributed by atoms with Crippen molar-refractivity contribution < 1.29 is 9.47 Å². The molecule has 114 valence electrons. The van der Waals surface area contributed by atoms with Crippen molar-refractivity contribution in [2.45, 2.75) is 32.6 Å². The van der Waals surface area contributed by atoms with Crippen LogP contribution in [0.25, 0.3) is 0 Å². The Hall–Kier alpha value is -1.54. The van der Waals surface area contributed by atoms with E-state index < -0.39 is 0 Å². The quantitative estimate of drug-likeness (QED) is 0.859. The van der Waals surface area contributed by atoms with Crippen molar-refractivity contribution in [3.8, 4) is 17.6 Å². The number of methoxy groups -OCH3 is 1. The topological polar surface area (TPSA) is 47.7 Å². The van der Waals surface area contributed by atoms with E-state index in [4.69, 9.17) is 15.2 Å². The van der Waals surface area contributed by atoms with Gasteiger partial charge in [-0.3, -0.25) is 4.90 Å². The van der Waals surface area contributed by atoms with Crippen LogP contribution in [0.4, 0.5) is 0 Å². The van der Waals surface area contributed by atoms with Crippen LogP contribution in [0.2, 0.25) is 0 Å². The fourth-order valence-electron chi connectivity index (χ4n) is 2.75. The number of rotatable bonds is 3. The van der Waals surface area contributed by atoms with Crippen LogP contribution in [-0.2, 0) is 11.3 Å². The lowest BCUT2D eigenvalue weighted by Gasteiger charge is -2.35. The number of ether oxygens (including phenoxy) is 2. The predicted octanol–water partition coefficient (Wildman–Crippen LogP) is 1.61. The van der Waals surface area contributed by atoms with Crippen molar-refractivity contribution in [2.75, 3.05) is 26.7 Å². The van der Waals surface area contributed by atoms with Gasteiger partial charge in [-0.15, -0.1) is 0 Å². The van der Waals surface area contributed by atoms with Crippen molar-refractivity contribution in [1.82, 2.24) is 4.90 Å². The molecule has 1 fully saturated rings. The highest BCUT2D eigenvalue weighted by Gasteiger charge is 2.22. The van der Waals surface area contributed by atoms with E-state index in [1.54, 1.807) is 7.11 Å². The first-order valence-electron chi connectivity index (χ1n) is 7.36. The SMILES string of the molecule is COc1ccc(C#CCN)c(CN2CC(C)OC(C)C2)c1. The van der Waals surface area contributed by atoms with Gasteiger partial charge in [0.25, 0.3) is 0 Å². The molecule has 0 bridgehead atoms. The Labute approximate surface area is 127 Å². The van der Waals surface area contributed by atoms with Gasteiger partial charge in [-0.1, -0.05) is 11.8 Å². The van der Waals surface area contributed by atoms with Crippen LogP contribution in [0.3, 0.4) is 0 Å². The molecule has 0 radical (unpaired) electrons. The lowest BCUT2D eigenvalue weighted by Crippen LogP contribution is -2.44. The predicted molar refractivity (Wildman–Crippen MR) is 84.2 cm³/mol. The van der Waals surface area contributed by atoms with Crippen molar-refractivity contribution >= 4 is 0 Å². The number of hydrogen-bond donors (Lipinski definition) is 1. The van der Waals surface area contributed by atoms with Crippen LogP contribution >= 0.6 is 0 Å². The van der Waals surface area contributed by atoms with E-state index >= 15 is 0 Å². The van der Waals surface area contributed by atoms with Crippen LogP contribution in [0.5, 0.6) is 5.75 Å². The molecule has 0 aliphatic carbocycles. The molecule has 0 saturated carbocycles. The summed E-state index contributed by atoms with van der Waals surface area (Å²) in [5.41, 5.74) is 7.68. The van der Waals surface area contributed by atoms with Gasteiger partial charge in [0, 0.05) is 25.2 Å². The Morgan fingerprint density at radius 1 is 1.33 bits per heavy atom. The van der Waals surface area contributed by atoms with Gasteiger partial charge in [-0.05, 0) is 37.6 Å². The Morgan fingerprint density at radius 3 is 2.67 bits per heavy atom. The second-order valence-corrected chi connectivity index (χ2v) is 5.48. The van der Waals surface area contributed by atoms with Crippen molar-refractivity contribution in [3.63, 3.8) is 0 Å². The van der Waals surface area contributed by atoms with Gasteiger partial charge < -0.3 is 15.2 Å². The van der Waals surface area contributed by atoms with Crippen molar-refractivity contribution in [2.24, 2.45) is 5.73 Å². The van der Waals surface area contributed by atoms with E-state index in [1.807, 2.05) is 12.1 Å². The molecule has 1 heterocycles. The van der Waals surface area contributed by atoms with E-state index in [2.05, 4.69) is 36.7 Å². The fraction of sp³-hybridized carbons (Fsp3) is 0.529. The molecule has 1 aliphatic rings. The molecule has 2 N–H and O–H groups in total. The zero-order valence-electron chi connectivity index (χ0n) is 13.1. The number of benzene rings is 1. The monoisotopic (exact) mass is 288 g/mol. The van der Waals surface area contributed by atoms with Gasteiger partial charge in [0.1, 0.15) is 5.75 Å². The van der Waals surface area contributed by atoms with Crippen LogP contribution in [-0.4, -0.2) is 43.9 Å². The number of nitrogens with two attached hydrogens (primary N) is 1. The zero-order valence-corrected chi connectivity index (χ0v) is 13.1. The molecule has 4 nitrogen and oxygen atoms in total. The molecule has 0 aromatic heterocycles. The largest absolute Gasteiger partial charge is 0.497 e. The maximum Gasteiger partial charge on any atom is 0.119 e. The van der Waals surface area contributed by atoms with Crippen molar-refractivity contribution in [3.05, 3.63) is 29.3 Å². The molecular formula is C17H24N2O2. The summed E-state index contributed by atoms with van der Waals surface area (Å²) in [6.45, 7) is 7.32. The zero-order chi connectivity index (χ0) is 15.2. The fourth-order valence-corrected chi connectivity index (χ4v) is 2.75. The third kappa shape index (κ3) is 4.47. The first-order valence-corrected chi connectivity index (χ1v) is 7.36. The van der Waals surface area contributed by atoms with E-state index in [-0.39, 0.29) is 12.2 Å². The molecule has 2 rings (SSSR count). The highest BCUT2D eigenvalue weighted by molar-refractivity contribution is 5.45. The van der Waals surface area contributed by atoms with E-state index in [0.29, 0.717) is 6.54 Å². The first kappa shape index (κ1) is 15.8. The van der Waals surface area contributed by atoms with Crippen LogP contribution in [0.1, 0.15) is 25.0 Å². The lowest BCUT2D eigenvalue weighted by molar-refractivity contribution is -0.0705. The maximum absolute atomic E-state index is 5.78. The summed E-state index contributed by atoms with van der Waals surface area (Å²) in [5.74, 6) is 6.94. The minimum Gasteiger partial charge on any atom is -0.497 e. The smallest absolute Gasteiger partial charge is 0.119 e. The number of nitrogens with zero attached hydrogens (tertiary/aromatic N) is 1. The van der Waals surface area contributed by atoms with Gasteiger partial charge in [-0.2, -0.15) is 0 Å². The summed E-state index contributed by atoms with van der Waals surface area (Å²) in [7, 11) is 1.68. The summed E-state index contributed by atoms with van der Waals surface area (Å²) in [6, 6.07) is 6.00. The van der Waals surface area contributed by atoms with Gasteiger partial charge in [0.15, 0.2) is 0 Å². The Kier molecular flexibility index (Phi) is 5.63. The molecule has 4 heteroatoms. The van der Waals surface area contributed by atoms with Gasteiger partial charge in [-0.25, -0.2) is 0 Å². The summed E-state index contributed by atoms with van der Waals surface area (Å²) in [6.07, 6.45) is 0.524. The molecule has 1 aliphatic heterocycles. The molecule has 0 spiro atoms. The molecule has 1 saturated heterocycles. The van der Waals surface area contributed by atoms with Crippen LogP contribution in [0.15, 0.2) is 18.2 Å². The minimum atomic E-state index is 0.262. The summed E-state index contributed by atoms with van der Waals surface area (Å²) < 4.78 is 11.1. The molecule has 21 heavy (non-hydrogen) atoms. The lowest BCUT2D eigenvalue weighted by atomic mass is 10.1. The Morgan fingerprint density at radius 2 is 2.05 bits per heavy atom. The van der Waals surface area contributed by atoms with Gasteiger partial charge in [0.05, 0.1) is 25.9 Å². The molecule has 0 amide bonds. The normalized spacial score (nSPS) is 22.5. The highest BCUT2D eigenvalue weighted by atomic mass is 16.5. The highest BCUT2D eigenvalue weighted by Crippen LogP contribution is 2.21. The molecular weight excluding hydrogens is 264 g/mol. The number of hydrogen-bond acceptors (Lipinski definition) is 4. The average Bonchev–Trinajstić information content (AvgIpc) is 2.44. The second-order valence-electron chi connectivity index (χ2n) is 5.48. The average molecular weight is 288 g/mol. The second kappa shape index (κ2) is 7.46. The van der Waals surface area contributed by atoms with E-state index in [9.17, 15) is 0 Å². The third-order valence-corrected chi connectivity index (χ3v) is 3.53. The molecule has 2 atom stereocenters. The van der Waals surface area contributed by atoms with Gasteiger partial charge in [0.2, 0.25) is 0 Å². The van der Waals surface area contributed by atoms with Gasteiger partial charge >= 0.3 is 0 Å². The standard InChI is InChI=1S/C17H24N2O2/c1-13-10-19(11-14(2)21-13)12-16-9-17(20-3)7-6-15(16)5-4-8-18/h6-7,9,13-14H,8,10-12,18H2,1-3H3. The number of morpholine rings is 1. The molecule has 1 aromatic carbocycles. The minimum absolute atomic E-state index is 0.262. The molecule has 2 unspecified atom stereocenters. The Bertz CT molecular complexity index is 523. The van der Waals surface area contributed by atoms with Crippen LogP contribution in [0, 0.1) is 11.8 Å². The van der Waals surface area contributed by atoms with Crippen molar-refractivity contribution in [1.29, 1.82) is 0 Å².